The van der Waals surface area contributed by atoms with Gasteiger partial charge in [0.05, 0.1) is 16.5 Å². The van der Waals surface area contributed by atoms with Gasteiger partial charge < -0.3 is 9.32 Å². The molecule has 348 valence electrons. The first-order chi connectivity index (χ1) is 36.5. The smallest absolute Gasteiger partial charge is 0.143 e. The monoisotopic (exact) mass is 943 g/mol. The molecule has 0 saturated heterocycles. The Bertz CT molecular complexity index is 4350. The molecule has 12 aromatic carbocycles. The molecule has 0 N–H and O–H groups in total. The zero-order chi connectivity index (χ0) is 49.1. The van der Waals surface area contributed by atoms with Crippen molar-refractivity contribution >= 4 is 60.5 Å². The van der Waals surface area contributed by atoms with Crippen molar-refractivity contribution in [2.75, 3.05) is 4.90 Å². The lowest BCUT2D eigenvalue weighted by Crippen LogP contribution is -2.28. The molecule has 1 aromatic heterocycles. The fraction of sp³-hybridized carbons (Fsp3) is 0.0556. The number of para-hydroxylation sites is 1. The van der Waals surface area contributed by atoms with Crippen LogP contribution in [-0.4, -0.2) is 0 Å². The number of fused-ring (bicyclic) bond motifs is 12. The molecular formula is C72H49NO. The van der Waals surface area contributed by atoms with Crippen molar-refractivity contribution in [1.82, 2.24) is 0 Å². The number of anilines is 3. The Kier molecular flexibility index (Phi) is 9.25. The normalized spacial score (nSPS) is 13.8. The molecule has 0 spiro atoms. The summed E-state index contributed by atoms with van der Waals surface area (Å²) in [5.41, 5.74) is 21.8. The lowest BCUT2D eigenvalue weighted by molar-refractivity contribution is 0.660. The number of benzene rings is 12. The number of furan rings is 1. The Morgan fingerprint density at radius 1 is 0.351 bits per heavy atom. The largest absolute Gasteiger partial charge is 0.455 e. The Morgan fingerprint density at radius 3 is 1.76 bits per heavy atom. The molecule has 13 aromatic rings. The van der Waals surface area contributed by atoms with Crippen LogP contribution >= 0.6 is 0 Å². The average molecular weight is 944 g/mol. The molecule has 0 atom stereocenters. The van der Waals surface area contributed by atoms with Gasteiger partial charge in [0.15, 0.2) is 0 Å². The van der Waals surface area contributed by atoms with Crippen LogP contribution in [0.4, 0.5) is 17.1 Å². The summed E-state index contributed by atoms with van der Waals surface area (Å²) >= 11 is 0. The fourth-order valence-corrected chi connectivity index (χ4v) is 13.2. The molecule has 0 unspecified atom stereocenters. The molecule has 0 aliphatic heterocycles. The first-order valence-electron chi connectivity index (χ1n) is 25.8. The third kappa shape index (κ3) is 6.06. The molecule has 2 aliphatic rings. The van der Waals surface area contributed by atoms with E-state index in [-0.39, 0.29) is 5.41 Å². The van der Waals surface area contributed by atoms with Crippen LogP contribution in [0.1, 0.15) is 47.2 Å². The van der Waals surface area contributed by atoms with Gasteiger partial charge in [0.1, 0.15) is 11.2 Å². The van der Waals surface area contributed by atoms with E-state index < -0.39 is 5.41 Å². The second kappa shape index (κ2) is 16.1. The predicted molar refractivity (Wildman–Crippen MR) is 309 cm³/mol. The maximum Gasteiger partial charge on any atom is 0.143 e. The Labute approximate surface area is 431 Å². The van der Waals surface area contributed by atoms with Crippen LogP contribution in [0.3, 0.4) is 0 Å². The molecule has 0 radical (unpaired) electrons. The van der Waals surface area contributed by atoms with Crippen molar-refractivity contribution < 1.29 is 4.42 Å². The van der Waals surface area contributed by atoms with E-state index in [0.717, 1.165) is 60.9 Å². The van der Waals surface area contributed by atoms with Crippen LogP contribution in [0, 0.1) is 0 Å². The Hall–Kier alpha value is -9.24. The molecule has 0 fully saturated rings. The summed E-state index contributed by atoms with van der Waals surface area (Å²) in [7, 11) is 0. The van der Waals surface area contributed by atoms with Gasteiger partial charge in [-0.3, -0.25) is 0 Å². The molecule has 0 saturated carbocycles. The highest BCUT2D eigenvalue weighted by molar-refractivity contribution is 6.23. The molecule has 0 bridgehead atoms. The van der Waals surface area contributed by atoms with Gasteiger partial charge in [0.2, 0.25) is 0 Å². The van der Waals surface area contributed by atoms with Crippen LogP contribution in [0.25, 0.3) is 88.0 Å². The van der Waals surface area contributed by atoms with E-state index in [4.69, 9.17) is 4.42 Å². The Morgan fingerprint density at radius 2 is 0.986 bits per heavy atom. The quantitative estimate of drug-likeness (QED) is 0.158. The molecule has 2 aliphatic carbocycles. The van der Waals surface area contributed by atoms with E-state index in [1.165, 1.54) is 77.5 Å². The van der Waals surface area contributed by atoms with Gasteiger partial charge in [-0.2, -0.15) is 0 Å². The van der Waals surface area contributed by atoms with Crippen LogP contribution in [-0.2, 0) is 10.8 Å². The van der Waals surface area contributed by atoms with E-state index >= 15 is 0 Å². The number of rotatable bonds is 7. The summed E-state index contributed by atoms with van der Waals surface area (Å²) in [5.74, 6) is 0. The fourth-order valence-electron chi connectivity index (χ4n) is 13.2. The highest BCUT2D eigenvalue weighted by Crippen LogP contribution is 2.60. The van der Waals surface area contributed by atoms with E-state index in [2.05, 4.69) is 280 Å². The molecule has 0 amide bonds. The zero-order valence-corrected chi connectivity index (χ0v) is 41.2. The number of hydrogen-bond acceptors (Lipinski definition) is 2. The summed E-state index contributed by atoms with van der Waals surface area (Å²) in [6, 6.07) is 96.7. The van der Waals surface area contributed by atoms with Crippen LogP contribution in [0.5, 0.6) is 0 Å². The zero-order valence-electron chi connectivity index (χ0n) is 41.2. The third-order valence-corrected chi connectivity index (χ3v) is 16.5. The summed E-state index contributed by atoms with van der Waals surface area (Å²) < 4.78 is 7.14. The molecule has 2 heteroatoms. The van der Waals surface area contributed by atoms with Crippen molar-refractivity contribution in [3.05, 3.63) is 294 Å². The summed E-state index contributed by atoms with van der Waals surface area (Å²) in [5, 5.41) is 6.83. The van der Waals surface area contributed by atoms with Crippen LogP contribution < -0.4 is 4.90 Å². The minimum absolute atomic E-state index is 0.159. The van der Waals surface area contributed by atoms with Gasteiger partial charge in [0.25, 0.3) is 0 Å². The maximum absolute atomic E-state index is 7.14. The van der Waals surface area contributed by atoms with Crippen molar-refractivity contribution in [1.29, 1.82) is 0 Å². The van der Waals surface area contributed by atoms with Gasteiger partial charge >= 0.3 is 0 Å². The SMILES string of the molecule is CC1(C)c2ccccc2-c2ccc(N(c3ccccc3)c3cccc4oc5c6ccccc6c(-c6cc(-c7ccc8ccccc8c7)c7c(c6)C(c6ccccc6)(c6ccccc6)c6ccccc6-7)cc5c34)cc21. The molecule has 2 nitrogen and oxygen atoms in total. The third-order valence-electron chi connectivity index (χ3n) is 16.5. The molecule has 1 heterocycles. The van der Waals surface area contributed by atoms with Crippen molar-refractivity contribution in [2.45, 2.75) is 24.7 Å². The van der Waals surface area contributed by atoms with Crippen LogP contribution in [0.15, 0.2) is 265 Å². The lowest BCUT2D eigenvalue weighted by atomic mass is 9.67. The highest BCUT2D eigenvalue weighted by atomic mass is 16.3. The topological polar surface area (TPSA) is 16.4 Å². The average Bonchev–Trinajstić information content (AvgIpc) is 4.16. The van der Waals surface area contributed by atoms with Crippen molar-refractivity contribution in [3.63, 3.8) is 0 Å². The number of hydrogen-bond donors (Lipinski definition) is 0. The maximum atomic E-state index is 7.14. The summed E-state index contributed by atoms with van der Waals surface area (Å²) in [4.78, 5) is 2.43. The predicted octanol–water partition coefficient (Wildman–Crippen LogP) is 19.4. The van der Waals surface area contributed by atoms with Crippen LogP contribution in [0.2, 0.25) is 0 Å². The molecule has 15 rings (SSSR count). The van der Waals surface area contributed by atoms with Gasteiger partial charge in [-0.15, -0.1) is 0 Å². The van der Waals surface area contributed by atoms with Gasteiger partial charge in [-0.05, 0) is 155 Å². The minimum Gasteiger partial charge on any atom is -0.455 e. The van der Waals surface area contributed by atoms with E-state index in [1.54, 1.807) is 0 Å². The second-order valence-electron chi connectivity index (χ2n) is 20.7. The van der Waals surface area contributed by atoms with Gasteiger partial charge in [0, 0.05) is 27.6 Å². The summed E-state index contributed by atoms with van der Waals surface area (Å²) in [6.45, 7) is 4.72. The van der Waals surface area contributed by atoms with E-state index in [9.17, 15) is 0 Å². The minimum atomic E-state index is -0.604. The first kappa shape index (κ1) is 42.4. The van der Waals surface area contributed by atoms with E-state index in [1.807, 2.05) is 0 Å². The number of nitrogens with zero attached hydrogens (tertiary/aromatic N) is 1. The standard InChI is InChI=1S/C72H49NO/c1-71(2)62-33-18-16-30-55(62)56-40-39-53(44-64(56)71)73(52-27-10-5-11-28-52)66-35-20-36-67-69(66)61-45-59(54-29-14-15-31-57(54)70(61)74-67)49-42-60(48-38-37-46-21-12-13-22-47(46)41-48)68-58-32-17-19-34-63(58)72(65(68)43-49,50-23-6-3-7-24-50)51-25-8-4-9-26-51/h3-45H,1-2H3. The molecule has 74 heavy (non-hydrogen) atoms. The highest BCUT2D eigenvalue weighted by Gasteiger charge is 2.47. The van der Waals surface area contributed by atoms with Crippen molar-refractivity contribution in [3.8, 4) is 44.5 Å². The lowest BCUT2D eigenvalue weighted by Gasteiger charge is -2.34. The Balaban J connectivity index is 1.03. The van der Waals surface area contributed by atoms with Gasteiger partial charge in [-0.25, -0.2) is 0 Å². The summed E-state index contributed by atoms with van der Waals surface area (Å²) in [6.07, 6.45) is 0. The van der Waals surface area contributed by atoms with E-state index in [0.29, 0.717) is 0 Å². The second-order valence-corrected chi connectivity index (χ2v) is 20.7. The van der Waals surface area contributed by atoms with Gasteiger partial charge in [-0.1, -0.05) is 214 Å². The van der Waals surface area contributed by atoms with Crippen molar-refractivity contribution in [2.24, 2.45) is 0 Å². The molecular weight excluding hydrogens is 895 g/mol. The first-order valence-corrected chi connectivity index (χ1v) is 25.8.